The highest BCUT2D eigenvalue weighted by atomic mass is 35.5. The van der Waals surface area contributed by atoms with Gasteiger partial charge in [-0.3, -0.25) is 10.1 Å². The summed E-state index contributed by atoms with van der Waals surface area (Å²) in [7, 11) is 0. The van der Waals surface area contributed by atoms with E-state index in [2.05, 4.69) is 25.3 Å². The van der Waals surface area contributed by atoms with Crippen LogP contribution in [0, 0.1) is 0 Å². The predicted molar refractivity (Wildman–Crippen MR) is 61.5 cm³/mol. The summed E-state index contributed by atoms with van der Waals surface area (Å²) < 4.78 is 0. The van der Waals surface area contributed by atoms with Gasteiger partial charge < -0.3 is 10.7 Å². The lowest BCUT2D eigenvalue weighted by atomic mass is 10.3. The first kappa shape index (κ1) is 10.4. The molecular weight excluding hydrogens is 244 g/mol. The Hall–Kier alpha value is -1.73. The highest BCUT2D eigenvalue weighted by Gasteiger charge is 2.46. The number of fused-ring (bicyclic) bond motifs is 1. The molecule has 0 spiro atoms. The maximum Gasteiger partial charge on any atom is 0.246 e. The Morgan fingerprint density at radius 2 is 2.29 bits per heavy atom. The molecule has 17 heavy (non-hydrogen) atoms. The van der Waals surface area contributed by atoms with Crippen molar-refractivity contribution in [3.8, 4) is 0 Å². The van der Waals surface area contributed by atoms with Crippen molar-refractivity contribution >= 4 is 34.6 Å². The molecule has 0 atom stereocenters. The van der Waals surface area contributed by atoms with Gasteiger partial charge in [-0.2, -0.15) is 9.97 Å². The standard InChI is InChI=1S/C9H9ClN6O/c10-5-4-6(13-3-12-4)15-8(14-5)16-7(17)9(11)1-2-9/h3H,1-2,11H2,(H2,12,13,14,15,16,17). The van der Waals surface area contributed by atoms with Crippen molar-refractivity contribution in [2.45, 2.75) is 18.4 Å². The van der Waals surface area contributed by atoms with Gasteiger partial charge in [0.1, 0.15) is 5.52 Å². The van der Waals surface area contributed by atoms with Gasteiger partial charge in [0.15, 0.2) is 10.8 Å². The number of anilines is 1. The van der Waals surface area contributed by atoms with Gasteiger partial charge in [0, 0.05) is 0 Å². The number of carbonyl (C=O) groups is 1. The number of aromatic nitrogens is 4. The molecular formula is C9H9ClN6O. The van der Waals surface area contributed by atoms with Gasteiger partial charge in [-0.15, -0.1) is 0 Å². The van der Waals surface area contributed by atoms with Crippen molar-refractivity contribution in [2.75, 3.05) is 5.32 Å². The molecule has 1 aliphatic rings. The van der Waals surface area contributed by atoms with E-state index in [4.69, 9.17) is 17.3 Å². The third-order valence-electron chi connectivity index (χ3n) is 2.71. The van der Waals surface area contributed by atoms with Gasteiger partial charge in [-0.05, 0) is 12.8 Å². The number of hydrogen-bond donors (Lipinski definition) is 3. The van der Waals surface area contributed by atoms with E-state index in [0.29, 0.717) is 24.0 Å². The minimum Gasteiger partial charge on any atom is -0.341 e. The monoisotopic (exact) mass is 252 g/mol. The molecule has 1 fully saturated rings. The fraction of sp³-hybridized carbons (Fsp3) is 0.333. The van der Waals surface area contributed by atoms with Crippen molar-refractivity contribution in [1.82, 2.24) is 19.9 Å². The molecule has 8 heteroatoms. The average Bonchev–Trinajstić information content (AvgIpc) is 2.86. The lowest BCUT2D eigenvalue weighted by molar-refractivity contribution is -0.118. The van der Waals surface area contributed by atoms with E-state index in [1.54, 1.807) is 0 Å². The number of nitrogens with two attached hydrogens (primary N) is 1. The van der Waals surface area contributed by atoms with E-state index >= 15 is 0 Å². The molecule has 0 unspecified atom stereocenters. The van der Waals surface area contributed by atoms with Gasteiger partial charge in [-0.1, -0.05) is 11.6 Å². The minimum atomic E-state index is -0.767. The molecule has 1 saturated carbocycles. The molecule has 88 valence electrons. The topological polar surface area (TPSA) is 110 Å². The zero-order valence-corrected chi connectivity index (χ0v) is 9.45. The third kappa shape index (κ3) is 1.73. The van der Waals surface area contributed by atoms with Crippen LogP contribution in [0.4, 0.5) is 5.95 Å². The molecule has 2 aromatic rings. The van der Waals surface area contributed by atoms with E-state index in [-0.39, 0.29) is 17.0 Å². The zero-order valence-electron chi connectivity index (χ0n) is 8.70. The fourth-order valence-corrected chi connectivity index (χ4v) is 1.66. The number of imidazole rings is 1. The summed E-state index contributed by atoms with van der Waals surface area (Å²) in [6.45, 7) is 0. The molecule has 3 rings (SSSR count). The highest BCUT2D eigenvalue weighted by Crippen LogP contribution is 2.33. The molecule has 4 N–H and O–H groups in total. The van der Waals surface area contributed by atoms with Crippen molar-refractivity contribution in [1.29, 1.82) is 0 Å². The maximum absolute atomic E-state index is 11.7. The Bertz CT molecular complexity index is 605. The van der Waals surface area contributed by atoms with Crippen LogP contribution in [0.25, 0.3) is 11.2 Å². The summed E-state index contributed by atoms with van der Waals surface area (Å²) in [6.07, 6.45) is 2.82. The van der Waals surface area contributed by atoms with Crippen LogP contribution in [0.1, 0.15) is 12.8 Å². The second kappa shape index (κ2) is 3.38. The Morgan fingerprint density at radius 3 is 3.00 bits per heavy atom. The molecule has 2 aromatic heterocycles. The number of H-pyrrole nitrogens is 1. The molecule has 0 saturated heterocycles. The Kier molecular flexibility index (Phi) is 2.07. The zero-order chi connectivity index (χ0) is 12.0. The summed E-state index contributed by atoms with van der Waals surface area (Å²) in [6, 6.07) is 0. The Balaban J connectivity index is 1.92. The average molecular weight is 253 g/mol. The molecule has 1 amide bonds. The number of halogens is 1. The number of hydrogen-bond acceptors (Lipinski definition) is 5. The molecule has 2 heterocycles. The molecule has 7 nitrogen and oxygen atoms in total. The van der Waals surface area contributed by atoms with Gasteiger partial charge in [-0.25, -0.2) is 4.98 Å². The van der Waals surface area contributed by atoms with Gasteiger partial charge in [0.05, 0.1) is 11.9 Å². The van der Waals surface area contributed by atoms with Gasteiger partial charge >= 0.3 is 0 Å². The Morgan fingerprint density at radius 1 is 1.53 bits per heavy atom. The summed E-state index contributed by atoms with van der Waals surface area (Å²) in [5, 5.41) is 2.76. The second-order valence-electron chi connectivity index (χ2n) is 4.05. The first-order chi connectivity index (χ1) is 8.08. The van der Waals surface area contributed by atoms with E-state index in [9.17, 15) is 4.79 Å². The van der Waals surface area contributed by atoms with Crippen molar-refractivity contribution in [3.05, 3.63) is 11.5 Å². The van der Waals surface area contributed by atoms with Crippen molar-refractivity contribution < 1.29 is 4.79 Å². The number of nitrogens with zero attached hydrogens (tertiary/aromatic N) is 3. The summed E-state index contributed by atoms with van der Waals surface area (Å²) in [4.78, 5) is 26.5. The first-order valence-corrected chi connectivity index (χ1v) is 5.43. The molecule has 0 aromatic carbocycles. The maximum atomic E-state index is 11.7. The van der Waals surface area contributed by atoms with Crippen LogP contribution in [0.15, 0.2) is 6.33 Å². The SMILES string of the molecule is NC1(C(=O)Nc2nc(Cl)c3[nH]cnc3n2)CC1. The highest BCUT2D eigenvalue weighted by molar-refractivity contribution is 6.33. The van der Waals surface area contributed by atoms with Crippen LogP contribution in [0.2, 0.25) is 5.15 Å². The quantitative estimate of drug-likeness (QED) is 0.672. The number of nitrogens with one attached hydrogen (secondary N) is 2. The Labute approximate surface area is 101 Å². The lowest BCUT2D eigenvalue weighted by Gasteiger charge is -2.08. The summed E-state index contributed by atoms with van der Waals surface area (Å²) in [5.41, 5.74) is 5.92. The molecule has 0 bridgehead atoms. The van der Waals surface area contributed by atoms with Crippen LogP contribution < -0.4 is 11.1 Å². The van der Waals surface area contributed by atoms with Crippen LogP contribution >= 0.6 is 11.6 Å². The number of aromatic amines is 1. The van der Waals surface area contributed by atoms with E-state index in [1.807, 2.05) is 0 Å². The number of carbonyl (C=O) groups excluding carboxylic acids is 1. The van der Waals surface area contributed by atoms with E-state index < -0.39 is 5.54 Å². The fourth-order valence-electron chi connectivity index (χ4n) is 1.44. The molecule has 0 radical (unpaired) electrons. The van der Waals surface area contributed by atoms with Crippen LogP contribution in [-0.2, 0) is 4.79 Å². The smallest absolute Gasteiger partial charge is 0.246 e. The van der Waals surface area contributed by atoms with E-state index in [0.717, 1.165) is 0 Å². The van der Waals surface area contributed by atoms with Crippen molar-refractivity contribution in [3.63, 3.8) is 0 Å². The normalized spacial score (nSPS) is 17.1. The van der Waals surface area contributed by atoms with Crippen LogP contribution in [0.3, 0.4) is 0 Å². The van der Waals surface area contributed by atoms with Crippen LogP contribution in [0.5, 0.6) is 0 Å². The van der Waals surface area contributed by atoms with Gasteiger partial charge in [0.2, 0.25) is 11.9 Å². The molecule has 0 aliphatic heterocycles. The second-order valence-corrected chi connectivity index (χ2v) is 4.41. The minimum absolute atomic E-state index is 0.122. The predicted octanol–water partition coefficient (Wildman–Crippen LogP) is 0.436. The summed E-state index contributed by atoms with van der Waals surface area (Å²) >= 11 is 5.91. The summed E-state index contributed by atoms with van der Waals surface area (Å²) in [5.74, 6) is -0.167. The number of rotatable bonds is 2. The number of amides is 1. The lowest BCUT2D eigenvalue weighted by Crippen LogP contribution is -2.38. The third-order valence-corrected chi connectivity index (χ3v) is 2.98. The molecule has 1 aliphatic carbocycles. The van der Waals surface area contributed by atoms with Crippen LogP contribution in [-0.4, -0.2) is 31.4 Å². The largest absolute Gasteiger partial charge is 0.341 e. The van der Waals surface area contributed by atoms with E-state index in [1.165, 1.54) is 6.33 Å². The first-order valence-electron chi connectivity index (χ1n) is 5.05. The van der Waals surface area contributed by atoms with Gasteiger partial charge in [0.25, 0.3) is 0 Å². The van der Waals surface area contributed by atoms with Crippen molar-refractivity contribution in [2.24, 2.45) is 5.73 Å².